The summed E-state index contributed by atoms with van der Waals surface area (Å²) in [6, 6.07) is 4.35. The predicted octanol–water partition coefficient (Wildman–Crippen LogP) is 1.76. The molecule has 1 aromatic heterocycles. The van der Waals surface area contributed by atoms with Crippen molar-refractivity contribution < 1.29 is 12.9 Å². The highest BCUT2D eigenvalue weighted by Crippen LogP contribution is 2.20. The quantitative estimate of drug-likeness (QED) is 0.683. The van der Waals surface area contributed by atoms with Crippen LogP contribution < -0.4 is 0 Å². The number of hydrogen-bond donors (Lipinski definition) is 0. The van der Waals surface area contributed by atoms with Gasteiger partial charge >= 0.3 is 0 Å². The summed E-state index contributed by atoms with van der Waals surface area (Å²) in [5, 5.41) is 4.33. The minimum absolute atomic E-state index is 0.0237. The molecule has 68 valence electrons. The van der Waals surface area contributed by atoms with Gasteiger partial charge < -0.3 is 4.52 Å². The van der Waals surface area contributed by atoms with Crippen LogP contribution in [0.1, 0.15) is 0 Å². The highest BCUT2D eigenvalue weighted by atomic mass is 35.7. The molecule has 0 bridgehead atoms. The van der Waals surface area contributed by atoms with Crippen LogP contribution in [0.25, 0.3) is 10.9 Å². The molecule has 2 aromatic rings. The van der Waals surface area contributed by atoms with Crippen molar-refractivity contribution in [3.05, 3.63) is 24.5 Å². The number of aromatic nitrogens is 1. The Kier molecular flexibility index (Phi) is 1.78. The normalized spacial score (nSPS) is 12.1. The molecular formula is C7H4ClNO3S. The first-order valence-electron chi connectivity index (χ1n) is 3.36. The Morgan fingerprint density at radius 1 is 1.38 bits per heavy atom. The lowest BCUT2D eigenvalue weighted by molar-refractivity contribution is 0.428. The van der Waals surface area contributed by atoms with Gasteiger partial charge in [0.2, 0.25) is 0 Å². The Labute approximate surface area is 78.5 Å². The maximum atomic E-state index is 10.9. The third kappa shape index (κ3) is 1.52. The van der Waals surface area contributed by atoms with Crippen molar-refractivity contribution in [2.24, 2.45) is 0 Å². The van der Waals surface area contributed by atoms with E-state index in [1.807, 2.05) is 0 Å². The Morgan fingerprint density at radius 3 is 2.85 bits per heavy atom. The van der Waals surface area contributed by atoms with Gasteiger partial charge in [0.25, 0.3) is 9.05 Å². The Hall–Kier alpha value is -1.07. The Morgan fingerprint density at radius 2 is 2.15 bits per heavy atom. The Bertz CT molecular complexity index is 546. The van der Waals surface area contributed by atoms with E-state index in [2.05, 4.69) is 9.68 Å². The molecule has 0 radical (unpaired) electrons. The van der Waals surface area contributed by atoms with E-state index in [0.29, 0.717) is 5.52 Å². The molecule has 1 aromatic carbocycles. The molecule has 4 nitrogen and oxygen atoms in total. The zero-order chi connectivity index (χ0) is 9.47. The highest BCUT2D eigenvalue weighted by Gasteiger charge is 2.11. The summed E-state index contributed by atoms with van der Waals surface area (Å²) in [5.74, 6) is 0. The van der Waals surface area contributed by atoms with Crippen molar-refractivity contribution in [1.82, 2.24) is 5.16 Å². The van der Waals surface area contributed by atoms with Crippen molar-refractivity contribution in [3.8, 4) is 0 Å². The monoisotopic (exact) mass is 217 g/mol. The number of nitrogens with zero attached hydrogens (tertiary/aromatic N) is 1. The lowest BCUT2D eigenvalue weighted by Gasteiger charge is -1.93. The van der Waals surface area contributed by atoms with Crippen molar-refractivity contribution in [2.75, 3.05) is 0 Å². The topological polar surface area (TPSA) is 60.2 Å². The summed E-state index contributed by atoms with van der Waals surface area (Å²) in [6.07, 6.45) is 1.43. The lowest BCUT2D eigenvalue weighted by Crippen LogP contribution is -1.89. The molecule has 0 aliphatic rings. The fourth-order valence-corrected chi connectivity index (χ4v) is 1.76. The third-order valence-corrected chi connectivity index (χ3v) is 2.97. The molecule has 2 rings (SSSR count). The van der Waals surface area contributed by atoms with Crippen LogP contribution in [0.15, 0.2) is 33.9 Å². The van der Waals surface area contributed by atoms with E-state index < -0.39 is 9.05 Å². The fourth-order valence-electron chi connectivity index (χ4n) is 0.994. The van der Waals surface area contributed by atoms with Crippen LogP contribution in [-0.4, -0.2) is 13.6 Å². The largest absolute Gasteiger partial charge is 0.364 e. The highest BCUT2D eigenvalue weighted by molar-refractivity contribution is 8.13. The number of hydrogen-bond acceptors (Lipinski definition) is 4. The maximum Gasteiger partial charge on any atom is 0.261 e. The molecule has 6 heteroatoms. The summed E-state index contributed by atoms with van der Waals surface area (Å²) >= 11 is 0. The molecule has 0 spiro atoms. The Balaban J connectivity index is 2.75. The summed E-state index contributed by atoms with van der Waals surface area (Å²) in [7, 11) is 1.46. The van der Waals surface area contributed by atoms with E-state index in [1.54, 1.807) is 6.07 Å². The molecule has 0 amide bonds. The van der Waals surface area contributed by atoms with Gasteiger partial charge in [-0.15, -0.1) is 0 Å². The van der Waals surface area contributed by atoms with E-state index in [0.717, 1.165) is 5.39 Å². The number of benzene rings is 1. The van der Waals surface area contributed by atoms with E-state index in [4.69, 9.17) is 10.7 Å². The van der Waals surface area contributed by atoms with Crippen LogP contribution in [0.5, 0.6) is 0 Å². The second kappa shape index (κ2) is 2.71. The van der Waals surface area contributed by atoms with Gasteiger partial charge in [0.1, 0.15) is 11.8 Å². The van der Waals surface area contributed by atoms with E-state index in [9.17, 15) is 8.42 Å². The summed E-state index contributed by atoms with van der Waals surface area (Å²) in [5.41, 5.74) is 0.474. The van der Waals surface area contributed by atoms with E-state index in [1.165, 1.54) is 18.4 Å². The second-order valence-electron chi connectivity index (χ2n) is 2.47. The van der Waals surface area contributed by atoms with Gasteiger partial charge in [-0.25, -0.2) is 8.42 Å². The van der Waals surface area contributed by atoms with Gasteiger partial charge in [0.05, 0.1) is 4.90 Å². The smallest absolute Gasteiger partial charge is 0.261 e. The molecule has 0 saturated heterocycles. The van der Waals surface area contributed by atoms with Crippen LogP contribution in [0.2, 0.25) is 0 Å². The lowest BCUT2D eigenvalue weighted by atomic mass is 10.3. The molecule has 0 atom stereocenters. The predicted molar refractivity (Wildman–Crippen MR) is 47.0 cm³/mol. The van der Waals surface area contributed by atoms with Gasteiger partial charge in [0, 0.05) is 16.1 Å². The van der Waals surface area contributed by atoms with Crippen LogP contribution >= 0.6 is 10.7 Å². The molecule has 13 heavy (non-hydrogen) atoms. The molecule has 0 aliphatic heterocycles. The number of rotatable bonds is 1. The SMILES string of the molecule is O=S(=O)(Cl)c1ccc2conc2c1. The maximum absolute atomic E-state index is 10.9. The minimum atomic E-state index is -3.68. The van der Waals surface area contributed by atoms with Crippen LogP contribution in [0.3, 0.4) is 0 Å². The van der Waals surface area contributed by atoms with Crippen molar-refractivity contribution >= 4 is 30.6 Å². The van der Waals surface area contributed by atoms with Gasteiger partial charge in [-0.3, -0.25) is 0 Å². The molecule has 1 heterocycles. The molecule has 0 aliphatic carbocycles. The number of fused-ring (bicyclic) bond motifs is 1. The van der Waals surface area contributed by atoms with Gasteiger partial charge in [-0.05, 0) is 18.2 Å². The van der Waals surface area contributed by atoms with Gasteiger partial charge in [-0.2, -0.15) is 0 Å². The zero-order valence-corrected chi connectivity index (χ0v) is 7.84. The summed E-state index contributed by atoms with van der Waals surface area (Å²) in [4.78, 5) is 0.0237. The first kappa shape index (κ1) is 8.52. The van der Waals surface area contributed by atoms with E-state index >= 15 is 0 Å². The fraction of sp³-hybridized carbons (Fsp3) is 0. The molecule has 0 fully saturated rings. The van der Waals surface area contributed by atoms with Crippen LogP contribution in [-0.2, 0) is 9.05 Å². The number of halogens is 1. The molecular weight excluding hydrogens is 214 g/mol. The van der Waals surface area contributed by atoms with Crippen molar-refractivity contribution in [1.29, 1.82) is 0 Å². The van der Waals surface area contributed by atoms with Crippen molar-refractivity contribution in [2.45, 2.75) is 4.90 Å². The van der Waals surface area contributed by atoms with E-state index in [-0.39, 0.29) is 4.90 Å². The van der Waals surface area contributed by atoms with Crippen LogP contribution in [0, 0.1) is 0 Å². The van der Waals surface area contributed by atoms with Crippen LogP contribution in [0.4, 0.5) is 0 Å². The average Bonchev–Trinajstić information content (AvgIpc) is 2.47. The summed E-state index contributed by atoms with van der Waals surface area (Å²) in [6.45, 7) is 0. The molecule has 0 unspecified atom stereocenters. The van der Waals surface area contributed by atoms with Gasteiger partial charge in [-0.1, -0.05) is 5.16 Å². The third-order valence-electron chi connectivity index (χ3n) is 1.61. The minimum Gasteiger partial charge on any atom is -0.364 e. The zero-order valence-electron chi connectivity index (χ0n) is 6.27. The average molecular weight is 218 g/mol. The first-order chi connectivity index (χ1) is 6.07. The molecule has 0 saturated carbocycles. The molecule has 0 N–H and O–H groups in total. The summed E-state index contributed by atoms with van der Waals surface area (Å²) < 4.78 is 26.5. The van der Waals surface area contributed by atoms with Gasteiger partial charge in [0.15, 0.2) is 0 Å². The standard InChI is InChI=1S/C7H4ClNO3S/c8-13(10,11)6-2-1-5-4-12-9-7(5)3-6/h1-4H. The van der Waals surface area contributed by atoms with Crippen molar-refractivity contribution in [3.63, 3.8) is 0 Å². The first-order valence-corrected chi connectivity index (χ1v) is 5.67. The second-order valence-corrected chi connectivity index (χ2v) is 5.04.